The Bertz CT molecular complexity index is 1410. The van der Waals surface area contributed by atoms with Crippen LogP contribution in [0.1, 0.15) is 18.5 Å². The molecule has 0 amide bonds. The first-order valence-electron chi connectivity index (χ1n) is 10.7. The molecule has 0 radical (unpaired) electrons. The monoisotopic (exact) mass is 476 g/mol. The molecule has 1 atom stereocenters. The molecule has 4 aromatic rings. The molecule has 1 N–H and O–H groups in total. The number of nitroso groups, excluding NO2 is 1. The molecule has 0 spiro atoms. The van der Waals surface area contributed by atoms with Gasteiger partial charge in [-0.3, -0.25) is 0 Å². The van der Waals surface area contributed by atoms with Crippen molar-refractivity contribution >= 4 is 11.0 Å². The third kappa shape index (κ3) is 4.61. The Morgan fingerprint density at radius 1 is 0.857 bits per heavy atom. The highest BCUT2D eigenvalue weighted by Gasteiger charge is 2.21. The number of benzene rings is 3. The standard InChI is InChI=1S/C26H24N2O7/c1-15(27-29)16-5-11-19(12-6-16)34-25-23(33-4)14-22(32-3)24-20(28-30)13-21(35-26(24)25)17-7-9-18(31-2)10-8-17/h5-15,30H,1-4H3. The average molecular weight is 476 g/mol. The third-order valence-electron chi connectivity index (χ3n) is 5.56. The van der Waals surface area contributed by atoms with Crippen LogP contribution < -0.4 is 24.3 Å². The van der Waals surface area contributed by atoms with Crippen molar-refractivity contribution in [3.05, 3.63) is 76.5 Å². The maximum atomic E-state index is 10.9. The van der Waals surface area contributed by atoms with Crippen molar-refractivity contribution in [3.63, 3.8) is 0 Å². The van der Waals surface area contributed by atoms with E-state index in [2.05, 4.69) is 10.3 Å². The molecule has 0 aliphatic rings. The first-order valence-corrected chi connectivity index (χ1v) is 10.7. The normalized spacial score (nSPS) is 12.3. The molecule has 3 aromatic carbocycles. The summed E-state index contributed by atoms with van der Waals surface area (Å²) in [4.78, 5) is 10.9. The van der Waals surface area contributed by atoms with Gasteiger partial charge in [-0.05, 0) is 48.9 Å². The number of methoxy groups -OCH3 is 3. The van der Waals surface area contributed by atoms with Crippen LogP contribution in [0.3, 0.4) is 0 Å². The predicted octanol–water partition coefficient (Wildman–Crippen LogP) is 6.04. The van der Waals surface area contributed by atoms with E-state index < -0.39 is 6.04 Å². The van der Waals surface area contributed by atoms with Gasteiger partial charge in [-0.15, -0.1) is 0 Å². The molecule has 9 nitrogen and oxygen atoms in total. The summed E-state index contributed by atoms with van der Waals surface area (Å²) in [5.74, 6) is 2.58. The van der Waals surface area contributed by atoms with Gasteiger partial charge in [-0.2, -0.15) is 4.91 Å². The minimum absolute atomic E-state index is 0.225. The Labute approximate surface area is 201 Å². The van der Waals surface area contributed by atoms with Crippen LogP contribution in [-0.4, -0.2) is 26.5 Å². The van der Waals surface area contributed by atoms with E-state index in [1.165, 1.54) is 14.2 Å². The fraction of sp³-hybridized carbons (Fsp3) is 0.192. The zero-order valence-corrected chi connectivity index (χ0v) is 19.6. The van der Waals surface area contributed by atoms with Crippen molar-refractivity contribution in [3.8, 4) is 40.1 Å². The summed E-state index contributed by atoms with van der Waals surface area (Å²) in [7, 11) is 4.58. The van der Waals surface area contributed by atoms with E-state index in [1.807, 2.05) is 12.1 Å². The second-order valence-electron chi connectivity index (χ2n) is 7.59. The lowest BCUT2D eigenvalue weighted by Gasteiger charge is -2.16. The van der Waals surface area contributed by atoms with Gasteiger partial charge in [0.05, 0.1) is 26.7 Å². The number of hydrogen-bond donors (Lipinski definition) is 1. The highest BCUT2D eigenvalue weighted by atomic mass is 16.5. The number of hydrogen-bond acceptors (Lipinski definition) is 9. The summed E-state index contributed by atoms with van der Waals surface area (Å²) < 4.78 is 28.8. The topological polar surface area (TPSA) is 112 Å². The molecular weight excluding hydrogens is 452 g/mol. The Hall–Kier alpha value is -4.53. The quantitative estimate of drug-likeness (QED) is 0.188. The Morgan fingerprint density at radius 2 is 1.51 bits per heavy atom. The SMILES string of the molecule is COc1ccc(-c2cc(=NO)c3c(OC)cc(OC)c(Oc4ccc(C(C)N=O)cc4)c3o2)cc1. The van der Waals surface area contributed by atoms with Gasteiger partial charge >= 0.3 is 0 Å². The number of nitrogens with zero attached hydrogens (tertiary/aromatic N) is 2. The van der Waals surface area contributed by atoms with Crippen molar-refractivity contribution in [2.24, 2.45) is 10.3 Å². The lowest BCUT2D eigenvalue weighted by atomic mass is 10.1. The Balaban J connectivity index is 1.93. The lowest BCUT2D eigenvalue weighted by Crippen LogP contribution is -2.07. The average Bonchev–Trinajstić information content (AvgIpc) is 2.92. The summed E-state index contributed by atoms with van der Waals surface area (Å²) in [5, 5.41) is 17.0. The van der Waals surface area contributed by atoms with Gasteiger partial charge in [0.2, 0.25) is 5.75 Å². The summed E-state index contributed by atoms with van der Waals surface area (Å²) >= 11 is 0. The Morgan fingerprint density at radius 3 is 2.09 bits per heavy atom. The third-order valence-corrected chi connectivity index (χ3v) is 5.56. The van der Waals surface area contributed by atoms with Gasteiger partial charge < -0.3 is 28.6 Å². The number of ether oxygens (including phenoxy) is 4. The second-order valence-corrected chi connectivity index (χ2v) is 7.59. The minimum Gasteiger partial charge on any atom is -0.497 e. The number of fused-ring (bicyclic) bond motifs is 1. The van der Waals surface area contributed by atoms with Gasteiger partial charge in [0, 0.05) is 17.7 Å². The molecule has 0 saturated heterocycles. The highest BCUT2D eigenvalue weighted by Crippen LogP contribution is 2.43. The zero-order chi connectivity index (χ0) is 24.9. The minimum atomic E-state index is -0.476. The van der Waals surface area contributed by atoms with Gasteiger partial charge in [0.25, 0.3) is 0 Å². The lowest BCUT2D eigenvalue weighted by molar-refractivity contribution is 0.302. The van der Waals surface area contributed by atoms with Gasteiger partial charge in [-0.25, -0.2) is 0 Å². The van der Waals surface area contributed by atoms with Crippen LogP contribution in [0.4, 0.5) is 0 Å². The first kappa shape index (κ1) is 23.6. The molecule has 0 bridgehead atoms. The van der Waals surface area contributed by atoms with Crippen LogP contribution >= 0.6 is 0 Å². The molecule has 9 heteroatoms. The van der Waals surface area contributed by atoms with E-state index in [-0.39, 0.29) is 16.7 Å². The fourth-order valence-corrected chi connectivity index (χ4v) is 3.65. The van der Waals surface area contributed by atoms with E-state index in [0.29, 0.717) is 34.1 Å². The van der Waals surface area contributed by atoms with Crippen molar-refractivity contribution in [2.75, 3.05) is 21.3 Å². The van der Waals surface area contributed by atoms with E-state index in [9.17, 15) is 10.1 Å². The van der Waals surface area contributed by atoms with Crippen molar-refractivity contribution < 1.29 is 28.6 Å². The molecule has 0 fully saturated rings. The van der Waals surface area contributed by atoms with Gasteiger partial charge in [-0.1, -0.05) is 22.5 Å². The first-order chi connectivity index (χ1) is 17.0. The molecule has 1 unspecified atom stereocenters. The summed E-state index contributed by atoms with van der Waals surface area (Å²) in [5.41, 5.74) is 1.74. The Kier molecular flexibility index (Phi) is 6.86. The van der Waals surface area contributed by atoms with Crippen LogP contribution in [-0.2, 0) is 0 Å². The smallest absolute Gasteiger partial charge is 0.212 e. The van der Waals surface area contributed by atoms with E-state index >= 15 is 0 Å². The van der Waals surface area contributed by atoms with Crippen molar-refractivity contribution in [2.45, 2.75) is 13.0 Å². The van der Waals surface area contributed by atoms with Crippen LogP contribution in [0, 0.1) is 4.91 Å². The number of rotatable bonds is 8. The largest absolute Gasteiger partial charge is 0.497 e. The van der Waals surface area contributed by atoms with Crippen molar-refractivity contribution in [1.82, 2.24) is 0 Å². The molecule has 35 heavy (non-hydrogen) atoms. The van der Waals surface area contributed by atoms with Crippen LogP contribution in [0.2, 0.25) is 0 Å². The van der Waals surface area contributed by atoms with E-state index in [4.69, 9.17) is 23.4 Å². The summed E-state index contributed by atoms with van der Waals surface area (Å²) in [6.45, 7) is 1.71. The predicted molar refractivity (Wildman–Crippen MR) is 129 cm³/mol. The molecule has 1 aromatic heterocycles. The summed E-state index contributed by atoms with van der Waals surface area (Å²) in [6.07, 6.45) is 0. The molecule has 0 aliphatic carbocycles. The molecule has 1 heterocycles. The van der Waals surface area contributed by atoms with Gasteiger partial charge in [0.15, 0.2) is 11.3 Å². The van der Waals surface area contributed by atoms with Gasteiger partial charge in [0.1, 0.15) is 34.4 Å². The fourth-order valence-electron chi connectivity index (χ4n) is 3.65. The van der Waals surface area contributed by atoms with Crippen LogP contribution in [0.5, 0.6) is 28.7 Å². The molecule has 0 saturated carbocycles. The maximum absolute atomic E-state index is 10.9. The molecule has 4 rings (SSSR count). The molecule has 0 aliphatic heterocycles. The van der Waals surface area contributed by atoms with Crippen LogP contribution in [0.15, 0.2) is 75.4 Å². The van der Waals surface area contributed by atoms with Crippen LogP contribution in [0.25, 0.3) is 22.3 Å². The van der Waals surface area contributed by atoms with E-state index in [0.717, 1.165) is 11.1 Å². The maximum Gasteiger partial charge on any atom is 0.212 e. The van der Waals surface area contributed by atoms with E-state index in [1.54, 1.807) is 62.6 Å². The van der Waals surface area contributed by atoms with Crippen molar-refractivity contribution in [1.29, 1.82) is 0 Å². The zero-order valence-electron chi connectivity index (χ0n) is 19.6. The summed E-state index contributed by atoms with van der Waals surface area (Å²) in [6, 6.07) is 16.9. The highest BCUT2D eigenvalue weighted by molar-refractivity contribution is 5.92. The molecule has 180 valence electrons. The molecular formula is C26H24N2O7. The second kappa shape index (κ2) is 10.2.